The van der Waals surface area contributed by atoms with E-state index in [4.69, 9.17) is 22.6 Å². The van der Waals surface area contributed by atoms with Crippen molar-refractivity contribution in [3.8, 4) is 6.07 Å². The van der Waals surface area contributed by atoms with Crippen LogP contribution in [0, 0.1) is 11.3 Å². The smallest absolute Gasteiger partial charge is 0.265 e. The summed E-state index contributed by atoms with van der Waals surface area (Å²) in [5.41, 5.74) is 4.75. The van der Waals surface area contributed by atoms with Crippen LogP contribution in [-0.2, 0) is 6.54 Å². The number of halogens is 3. The molecule has 0 amide bonds. The summed E-state index contributed by atoms with van der Waals surface area (Å²) in [7, 11) is 0. The van der Waals surface area contributed by atoms with E-state index in [2.05, 4.69) is 4.98 Å². The second-order valence-corrected chi connectivity index (χ2v) is 2.87. The number of nitrogens with two attached hydrogens (primary N) is 1. The third kappa shape index (κ3) is 1.81. The highest BCUT2D eigenvalue weighted by Crippen LogP contribution is 2.30. The molecule has 0 aliphatic heterocycles. The van der Waals surface area contributed by atoms with Crippen molar-refractivity contribution < 1.29 is 8.78 Å². The fourth-order valence-corrected chi connectivity index (χ4v) is 1.32. The van der Waals surface area contributed by atoms with Crippen molar-refractivity contribution >= 4 is 11.6 Å². The Labute approximate surface area is 84.1 Å². The molecule has 1 aromatic heterocycles. The van der Waals surface area contributed by atoms with Gasteiger partial charge in [0.2, 0.25) is 0 Å². The van der Waals surface area contributed by atoms with Crippen molar-refractivity contribution in [1.29, 1.82) is 5.26 Å². The zero-order valence-electron chi connectivity index (χ0n) is 6.97. The van der Waals surface area contributed by atoms with Crippen LogP contribution in [0.5, 0.6) is 0 Å². The van der Waals surface area contributed by atoms with Gasteiger partial charge in [-0.1, -0.05) is 11.6 Å². The second kappa shape index (κ2) is 4.31. The normalized spacial score (nSPS) is 10.3. The summed E-state index contributed by atoms with van der Waals surface area (Å²) >= 11 is 5.52. The van der Waals surface area contributed by atoms with Crippen LogP contribution in [0.3, 0.4) is 0 Å². The first kappa shape index (κ1) is 10.8. The zero-order valence-corrected chi connectivity index (χ0v) is 7.72. The lowest BCUT2D eigenvalue weighted by atomic mass is 10.1. The number of nitriles is 1. The van der Waals surface area contributed by atoms with Crippen molar-refractivity contribution in [3.63, 3.8) is 0 Å². The average molecular weight is 218 g/mol. The van der Waals surface area contributed by atoms with Crippen molar-refractivity contribution in [3.05, 3.63) is 28.0 Å². The van der Waals surface area contributed by atoms with E-state index in [1.54, 1.807) is 6.07 Å². The number of nitrogens with zero attached hydrogens (tertiary/aromatic N) is 2. The van der Waals surface area contributed by atoms with Gasteiger partial charge in [-0.3, -0.25) is 0 Å². The van der Waals surface area contributed by atoms with E-state index in [-0.39, 0.29) is 22.8 Å². The Morgan fingerprint density at radius 1 is 1.64 bits per heavy atom. The Kier molecular flexibility index (Phi) is 3.33. The first-order valence-corrected chi connectivity index (χ1v) is 4.05. The summed E-state index contributed by atoms with van der Waals surface area (Å²) in [6, 6.07) is 1.69. The van der Waals surface area contributed by atoms with E-state index >= 15 is 0 Å². The summed E-state index contributed by atoms with van der Waals surface area (Å²) in [5, 5.41) is 8.42. The summed E-state index contributed by atoms with van der Waals surface area (Å²) < 4.78 is 25.0. The van der Waals surface area contributed by atoms with Crippen molar-refractivity contribution in [2.75, 3.05) is 0 Å². The van der Waals surface area contributed by atoms with Gasteiger partial charge in [0, 0.05) is 23.9 Å². The van der Waals surface area contributed by atoms with E-state index in [9.17, 15) is 8.78 Å². The number of alkyl halides is 2. The predicted octanol–water partition coefficient (Wildman–Crippen LogP) is 2.00. The molecule has 0 saturated heterocycles. The van der Waals surface area contributed by atoms with Gasteiger partial charge in [0.1, 0.15) is 11.8 Å². The molecular weight excluding hydrogens is 212 g/mol. The second-order valence-electron chi connectivity index (χ2n) is 2.46. The maximum Gasteiger partial charge on any atom is 0.265 e. The van der Waals surface area contributed by atoms with Crippen LogP contribution < -0.4 is 5.73 Å². The number of hydrogen-bond donors (Lipinski definition) is 1. The highest BCUT2D eigenvalue weighted by Gasteiger charge is 2.20. The summed E-state index contributed by atoms with van der Waals surface area (Å²) in [6.45, 7) is -0.184. The molecule has 2 N–H and O–H groups in total. The fourth-order valence-electron chi connectivity index (χ4n) is 1.08. The maximum absolute atomic E-state index is 12.5. The van der Waals surface area contributed by atoms with Crippen LogP contribution in [0.25, 0.3) is 0 Å². The van der Waals surface area contributed by atoms with Gasteiger partial charge >= 0.3 is 0 Å². The monoisotopic (exact) mass is 217 g/mol. The minimum atomic E-state index is -2.75. The third-order valence-electron chi connectivity index (χ3n) is 1.70. The lowest BCUT2D eigenvalue weighted by Crippen LogP contribution is -2.07. The van der Waals surface area contributed by atoms with Crippen molar-refractivity contribution in [2.45, 2.75) is 13.0 Å². The van der Waals surface area contributed by atoms with Gasteiger partial charge < -0.3 is 5.73 Å². The zero-order chi connectivity index (χ0) is 10.7. The summed E-state index contributed by atoms with van der Waals surface area (Å²) in [4.78, 5) is 3.60. The molecule has 0 saturated carbocycles. The van der Waals surface area contributed by atoms with Crippen molar-refractivity contribution in [2.24, 2.45) is 5.73 Å². The molecule has 0 spiro atoms. The van der Waals surface area contributed by atoms with Crippen LogP contribution in [0.1, 0.15) is 23.2 Å². The van der Waals surface area contributed by atoms with E-state index in [1.807, 2.05) is 0 Å². The third-order valence-corrected chi connectivity index (χ3v) is 2.00. The largest absolute Gasteiger partial charge is 0.326 e. The van der Waals surface area contributed by atoms with Gasteiger partial charge in [0.15, 0.2) is 0 Å². The van der Waals surface area contributed by atoms with E-state index < -0.39 is 12.0 Å². The van der Waals surface area contributed by atoms with E-state index in [1.165, 1.54) is 0 Å². The molecule has 6 heteroatoms. The first-order valence-electron chi connectivity index (χ1n) is 3.67. The molecule has 1 rings (SSSR count). The Hall–Kier alpha value is -1.25. The molecule has 0 unspecified atom stereocenters. The molecule has 14 heavy (non-hydrogen) atoms. The SMILES string of the molecule is N#Cc1ncc(Cl)c(C(F)F)c1CN. The van der Waals surface area contributed by atoms with Crippen LogP contribution in [0.15, 0.2) is 6.20 Å². The van der Waals surface area contributed by atoms with Gasteiger partial charge in [-0.25, -0.2) is 13.8 Å². The van der Waals surface area contributed by atoms with Gasteiger partial charge in [0.25, 0.3) is 6.43 Å². The highest BCUT2D eigenvalue weighted by molar-refractivity contribution is 6.31. The van der Waals surface area contributed by atoms with E-state index in [0.717, 1.165) is 6.20 Å². The van der Waals surface area contributed by atoms with Gasteiger partial charge in [0.05, 0.1) is 5.02 Å². The van der Waals surface area contributed by atoms with Crippen LogP contribution >= 0.6 is 11.6 Å². The number of pyridine rings is 1. The minimum absolute atomic E-state index is 0.00926. The quantitative estimate of drug-likeness (QED) is 0.824. The van der Waals surface area contributed by atoms with Crippen LogP contribution in [0.2, 0.25) is 5.02 Å². The van der Waals surface area contributed by atoms with Crippen LogP contribution in [0.4, 0.5) is 8.78 Å². The van der Waals surface area contributed by atoms with Crippen molar-refractivity contribution in [1.82, 2.24) is 4.98 Å². The molecule has 1 aromatic rings. The average Bonchev–Trinajstić information content (AvgIpc) is 2.16. The molecule has 0 aliphatic carbocycles. The summed E-state index contributed by atoms with van der Waals surface area (Å²) in [5.74, 6) is 0. The first-order chi connectivity index (χ1) is 6.61. The lowest BCUT2D eigenvalue weighted by molar-refractivity contribution is 0.150. The maximum atomic E-state index is 12.5. The molecule has 3 nitrogen and oxygen atoms in total. The number of hydrogen-bond acceptors (Lipinski definition) is 3. The van der Waals surface area contributed by atoms with E-state index in [0.29, 0.717) is 0 Å². The molecular formula is C8H6ClF2N3. The molecule has 74 valence electrons. The highest BCUT2D eigenvalue weighted by atomic mass is 35.5. The van der Waals surface area contributed by atoms with Gasteiger partial charge in [-0.05, 0) is 0 Å². The van der Waals surface area contributed by atoms with Crippen LogP contribution in [-0.4, -0.2) is 4.98 Å². The molecule has 0 aliphatic rings. The Bertz CT molecular complexity index is 387. The van der Waals surface area contributed by atoms with Gasteiger partial charge in [-0.2, -0.15) is 5.26 Å². The molecule has 1 heterocycles. The lowest BCUT2D eigenvalue weighted by Gasteiger charge is -2.09. The molecule has 0 radical (unpaired) electrons. The standard InChI is InChI=1S/C8H6ClF2N3/c9-5-3-14-6(2-13)4(1-12)7(5)8(10)11/h3,8H,1,12H2. The number of aromatic nitrogens is 1. The van der Waals surface area contributed by atoms with Gasteiger partial charge in [-0.15, -0.1) is 0 Å². The molecule has 0 aromatic carbocycles. The fraction of sp³-hybridized carbons (Fsp3) is 0.250. The Morgan fingerprint density at radius 2 is 2.29 bits per heavy atom. The topological polar surface area (TPSA) is 62.7 Å². The molecule has 0 bridgehead atoms. The Morgan fingerprint density at radius 3 is 2.71 bits per heavy atom. The molecule has 0 atom stereocenters. The number of rotatable bonds is 2. The Balaban J connectivity index is 3.45. The predicted molar refractivity (Wildman–Crippen MR) is 46.8 cm³/mol. The summed E-state index contributed by atoms with van der Waals surface area (Å²) in [6.07, 6.45) is -1.73. The molecule has 0 fully saturated rings. The minimum Gasteiger partial charge on any atom is -0.326 e.